The molecule has 0 aliphatic heterocycles. The standard InChI is InChI=1S/C19H23NO3/c1-13(21)16-11-10-15-9-8-14(12-17(15)20-16)6-5-7-18(22)23-19(2,3)4/h5-6,8-13,21H,7H2,1-4H3/b6-5+/t13-/m1/s1. The Labute approximate surface area is 136 Å². The van der Waals surface area contributed by atoms with Crippen LogP contribution in [0.3, 0.4) is 0 Å². The third-order valence-electron chi connectivity index (χ3n) is 3.18. The quantitative estimate of drug-likeness (QED) is 0.866. The molecule has 1 aromatic heterocycles. The highest BCUT2D eigenvalue weighted by Crippen LogP contribution is 2.19. The first-order chi connectivity index (χ1) is 10.7. The number of fused-ring (bicyclic) bond motifs is 1. The molecular formula is C19H23NO3. The van der Waals surface area contributed by atoms with E-state index in [-0.39, 0.29) is 12.4 Å². The second-order valence-electron chi connectivity index (χ2n) is 6.56. The van der Waals surface area contributed by atoms with E-state index in [9.17, 15) is 9.90 Å². The molecule has 4 heteroatoms. The number of hydrogen-bond acceptors (Lipinski definition) is 4. The summed E-state index contributed by atoms with van der Waals surface area (Å²) < 4.78 is 5.26. The molecular weight excluding hydrogens is 290 g/mol. The molecule has 0 fully saturated rings. The molecule has 0 amide bonds. The summed E-state index contributed by atoms with van der Waals surface area (Å²) >= 11 is 0. The van der Waals surface area contributed by atoms with E-state index in [1.165, 1.54) is 0 Å². The second kappa shape index (κ2) is 6.92. The van der Waals surface area contributed by atoms with Crippen LogP contribution in [0, 0.1) is 0 Å². The molecule has 2 rings (SSSR count). The molecule has 0 bridgehead atoms. The van der Waals surface area contributed by atoms with Crippen molar-refractivity contribution < 1.29 is 14.6 Å². The Morgan fingerprint density at radius 1 is 1.30 bits per heavy atom. The van der Waals surface area contributed by atoms with Gasteiger partial charge in [-0.2, -0.15) is 0 Å². The van der Waals surface area contributed by atoms with Crippen LogP contribution in [-0.2, 0) is 9.53 Å². The van der Waals surface area contributed by atoms with Gasteiger partial charge in [0, 0.05) is 5.39 Å². The number of carbonyl (C=O) groups is 1. The zero-order valence-electron chi connectivity index (χ0n) is 14.0. The molecule has 0 radical (unpaired) electrons. The lowest BCUT2D eigenvalue weighted by molar-refractivity contribution is -0.153. The van der Waals surface area contributed by atoms with Crippen LogP contribution in [0.5, 0.6) is 0 Å². The molecule has 0 saturated heterocycles. The number of pyridine rings is 1. The summed E-state index contributed by atoms with van der Waals surface area (Å²) in [7, 11) is 0. The maximum Gasteiger partial charge on any atom is 0.310 e. The lowest BCUT2D eigenvalue weighted by Crippen LogP contribution is -2.23. The average Bonchev–Trinajstić information content (AvgIpc) is 2.44. The summed E-state index contributed by atoms with van der Waals surface area (Å²) in [6, 6.07) is 9.65. The first kappa shape index (κ1) is 17.2. The van der Waals surface area contributed by atoms with Crippen LogP contribution >= 0.6 is 0 Å². The third-order valence-corrected chi connectivity index (χ3v) is 3.18. The van der Waals surface area contributed by atoms with Crippen molar-refractivity contribution in [2.75, 3.05) is 0 Å². The summed E-state index contributed by atoms with van der Waals surface area (Å²) in [5.41, 5.74) is 1.96. The van der Waals surface area contributed by atoms with Gasteiger partial charge >= 0.3 is 5.97 Å². The number of aromatic nitrogens is 1. The van der Waals surface area contributed by atoms with Gasteiger partial charge < -0.3 is 9.84 Å². The Morgan fingerprint density at radius 3 is 2.65 bits per heavy atom. The van der Waals surface area contributed by atoms with Gasteiger partial charge in [0.05, 0.1) is 23.7 Å². The SMILES string of the molecule is C[C@@H](O)c1ccc2ccc(/C=C/CC(=O)OC(C)(C)C)cc2n1. The molecule has 1 heterocycles. The Bertz CT molecular complexity index is 727. The van der Waals surface area contributed by atoms with Gasteiger partial charge in [-0.15, -0.1) is 0 Å². The zero-order chi connectivity index (χ0) is 17.0. The molecule has 0 aliphatic rings. The molecule has 23 heavy (non-hydrogen) atoms. The van der Waals surface area contributed by atoms with Crippen molar-refractivity contribution in [1.82, 2.24) is 4.98 Å². The van der Waals surface area contributed by atoms with Gasteiger partial charge in [0.2, 0.25) is 0 Å². The summed E-state index contributed by atoms with van der Waals surface area (Å²) in [5, 5.41) is 10.6. The fourth-order valence-electron chi connectivity index (χ4n) is 2.16. The minimum atomic E-state index is -0.592. The zero-order valence-corrected chi connectivity index (χ0v) is 14.0. The number of aliphatic hydroxyl groups is 1. The van der Waals surface area contributed by atoms with E-state index in [0.29, 0.717) is 5.69 Å². The van der Waals surface area contributed by atoms with Crippen molar-refractivity contribution in [3.63, 3.8) is 0 Å². The minimum Gasteiger partial charge on any atom is -0.460 e. The highest BCUT2D eigenvalue weighted by Gasteiger charge is 2.14. The van der Waals surface area contributed by atoms with Crippen LogP contribution in [0.4, 0.5) is 0 Å². The van der Waals surface area contributed by atoms with E-state index in [0.717, 1.165) is 16.5 Å². The van der Waals surface area contributed by atoms with Gasteiger partial charge in [-0.05, 0) is 45.4 Å². The lowest BCUT2D eigenvalue weighted by Gasteiger charge is -2.18. The molecule has 1 atom stereocenters. The number of hydrogen-bond donors (Lipinski definition) is 1. The predicted octanol–water partition coefficient (Wildman–Crippen LogP) is 4.03. The summed E-state index contributed by atoms with van der Waals surface area (Å²) in [4.78, 5) is 16.1. The van der Waals surface area contributed by atoms with E-state index in [1.807, 2.05) is 57.2 Å². The van der Waals surface area contributed by atoms with Gasteiger partial charge in [0.1, 0.15) is 5.60 Å². The molecule has 0 unspecified atom stereocenters. The maximum atomic E-state index is 11.7. The minimum absolute atomic E-state index is 0.233. The molecule has 2 aromatic rings. The number of ether oxygens (including phenoxy) is 1. The first-order valence-electron chi connectivity index (χ1n) is 7.72. The maximum absolute atomic E-state index is 11.7. The normalized spacial score (nSPS) is 13.4. The number of rotatable bonds is 4. The largest absolute Gasteiger partial charge is 0.460 e. The highest BCUT2D eigenvalue weighted by atomic mass is 16.6. The van der Waals surface area contributed by atoms with Crippen LogP contribution in [0.15, 0.2) is 36.4 Å². The molecule has 1 N–H and O–H groups in total. The van der Waals surface area contributed by atoms with Gasteiger partial charge in [0.25, 0.3) is 0 Å². The van der Waals surface area contributed by atoms with Crippen molar-refractivity contribution in [1.29, 1.82) is 0 Å². The number of nitrogens with zero attached hydrogens (tertiary/aromatic N) is 1. The highest BCUT2D eigenvalue weighted by molar-refractivity contribution is 5.81. The van der Waals surface area contributed by atoms with Gasteiger partial charge in [-0.3, -0.25) is 9.78 Å². The second-order valence-corrected chi connectivity index (χ2v) is 6.56. The van der Waals surface area contributed by atoms with Crippen LogP contribution in [0.1, 0.15) is 51.5 Å². The number of aliphatic hydroxyl groups excluding tert-OH is 1. The Hall–Kier alpha value is -2.20. The third kappa shape index (κ3) is 5.18. The van der Waals surface area contributed by atoms with Gasteiger partial charge in [-0.25, -0.2) is 0 Å². The van der Waals surface area contributed by atoms with Crippen molar-refractivity contribution in [2.45, 2.75) is 45.8 Å². The van der Waals surface area contributed by atoms with E-state index in [2.05, 4.69) is 4.98 Å². The van der Waals surface area contributed by atoms with E-state index >= 15 is 0 Å². The Balaban J connectivity index is 2.11. The summed E-state index contributed by atoms with van der Waals surface area (Å²) in [5.74, 6) is -0.246. The van der Waals surface area contributed by atoms with Crippen molar-refractivity contribution in [2.24, 2.45) is 0 Å². The van der Waals surface area contributed by atoms with Gasteiger partial charge in [-0.1, -0.05) is 30.4 Å². The van der Waals surface area contributed by atoms with Gasteiger partial charge in [0.15, 0.2) is 0 Å². The topological polar surface area (TPSA) is 59.4 Å². The van der Waals surface area contributed by atoms with E-state index in [1.54, 1.807) is 13.0 Å². The molecule has 0 saturated carbocycles. The molecule has 1 aromatic carbocycles. The Morgan fingerprint density at radius 2 is 2.00 bits per heavy atom. The average molecular weight is 313 g/mol. The van der Waals surface area contributed by atoms with E-state index in [4.69, 9.17) is 4.74 Å². The monoisotopic (exact) mass is 313 g/mol. The van der Waals surface area contributed by atoms with E-state index < -0.39 is 11.7 Å². The number of carbonyl (C=O) groups excluding carboxylic acids is 1. The van der Waals surface area contributed by atoms with Crippen LogP contribution in [0.25, 0.3) is 17.0 Å². The number of benzene rings is 1. The molecule has 4 nitrogen and oxygen atoms in total. The first-order valence-corrected chi connectivity index (χ1v) is 7.72. The van der Waals surface area contributed by atoms with Crippen LogP contribution in [-0.4, -0.2) is 21.7 Å². The van der Waals surface area contributed by atoms with Crippen molar-refractivity contribution in [3.8, 4) is 0 Å². The fourth-order valence-corrected chi connectivity index (χ4v) is 2.16. The smallest absolute Gasteiger partial charge is 0.310 e. The van der Waals surface area contributed by atoms with Crippen LogP contribution < -0.4 is 0 Å². The van der Waals surface area contributed by atoms with Crippen molar-refractivity contribution in [3.05, 3.63) is 47.7 Å². The summed E-state index contributed by atoms with van der Waals surface area (Å²) in [6.07, 6.45) is 3.30. The molecule has 0 spiro atoms. The fraction of sp³-hybridized carbons (Fsp3) is 0.368. The predicted molar refractivity (Wildman–Crippen MR) is 91.9 cm³/mol. The Kier molecular flexibility index (Phi) is 5.16. The van der Waals surface area contributed by atoms with Crippen molar-refractivity contribution >= 4 is 22.9 Å². The number of esters is 1. The van der Waals surface area contributed by atoms with Crippen LogP contribution in [0.2, 0.25) is 0 Å². The summed E-state index contributed by atoms with van der Waals surface area (Å²) in [6.45, 7) is 7.24. The lowest BCUT2D eigenvalue weighted by atomic mass is 10.1. The molecule has 122 valence electrons. The molecule has 0 aliphatic carbocycles.